The Bertz CT molecular complexity index is 860. The summed E-state index contributed by atoms with van der Waals surface area (Å²) in [5, 5.41) is 4.06. The fourth-order valence-corrected chi connectivity index (χ4v) is 2.78. The molecule has 108 valence electrons. The zero-order valence-electron chi connectivity index (χ0n) is 11.8. The molecule has 1 aromatic heterocycles. The van der Waals surface area contributed by atoms with Gasteiger partial charge in [0.05, 0.1) is 11.6 Å². The van der Waals surface area contributed by atoms with Crippen LogP contribution in [-0.2, 0) is 4.79 Å². The molecule has 3 aromatic rings. The third-order valence-corrected chi connectivity index (χ3v) is 3.84. The largest absolute Gasteiger partial charge is 0.483 e. The number of hydrogen-bond donors (Lipinski definition) is 1. The van der Waals surface area contributed by atoms with Crippen molar-refractivity contribution in [2.24, 2.45) is 0 Å². The van der Waals surface area contributed by atoms with E-state index < -0.39 is 0 Å². The Labute approximate surface area is 127 Å². The molecule has 0 radical (unpaired) electrons. The Morgan fingerprint density at radius 2 is 1.91 bits per heavy atom. The second-order valence-electron chi connectivity index (χ2n) is 5.29. The van der Waals surface area contributed by atoms with Gasteiger partial charge in [-0.15, -0.1) is 0 Å². The van der Waals surface area contributed by atoms with Crippen molar-refractivity contribution in [2.45, 2.75) is 6.04 Å². The Kier molecular flexibility index (Phi) is 3.00. The average Bonchev–Trinajstić information content (AvgIpc) is 2.74. The van der Waals surface area contributed by atoms with Crippen LogP contribution >= 0.6 is 0 Å². The lowest BCUT2D eigenvalue weighted by atomic mass is 9.98. The van der Waals surface area contributed by atoms with Gasteiger partial charge in [-0.2, -0.15) is 0 Å². The number of para-hydroxylation sites is 2. The number of carbonyl (C=O) groups excluding carboxylic acids is 1. The summed E-state index contributed by atoms with van der Waals surface area (Å²) in [7, 11) is 0. The first-order valence-corrected chi connectivity index (χ1v) is 7.17. The summed E-state index contributed by atoms with van der Waals surface area (Å²) >= 11 is 0. The standard InChI is InChI=1S/C18H14N2O2/c21-17-11-22-16-8-4-2-6-14(16)18(20-17)13-9-12-5-1-3-7-15(12)19-10-13/h1-10,18H,11H2,(H,20,21). The van der Waals surface area contributed by atoms with Crippen LogP contribution in [0.1, 0.15) is 17.2 Å². The van der Waals surface area contributed by atoms with E-state index in [1.54, 1.807) is 0 Å². The topological polar surface area (TPSA) is 51.2 Å². The molecule has 1 N–H and O–H groups in total. The Morgan fingerprint density at radius 3 is 2.86 bits per heavy atom. The van der Waals surface area contributed by atoms with Crippen LogP contribution in [0.25, 0.3) is 10.9 Å². The zero-order chi connectivity index (χ0) is 14.9. The van der Waals surface area contributed by atoms with E-state index >= 15 is 0 Å². The molecule has 4 nitrogen and oxygen atoms in total. The second kappa shape index (κ2) is 5.15. The van der Waals surface area contributed by atoms with Crippen molar-refractivity contribution >= 4 is 16.8 Å². The molecule has 0 spiro atoms. The van der Waals surface area contributed by atoms with E-state index in [0.717, 1.165) is 27.8 Å². The monoisotopic (exact) mass is 290 g/mol. The van der Waals surface area contributed by atoms with E-state index in [4.69, 9.17) is 4.74 Å². The van der Waals surface area contributed by atoms with Gasteiger partial charge in [0.1, 0.15) is 5.75 Å². The van der Waals surface area contributed by atoms with Crippen LogP contribution < -0.4 is 10.1 Å². The van der Waals surface area contributed by atoms with E-state index in [1.807, 2.05) is 54.7 Å². The molecule has 1 atom stereocenters. The van der Waals surface area contributed by atoms with Crippen molar-refractivity contribution in [2.75, 3.05) is 6.61 Å². The van der Waals surface area contributed by atoms with Gasteiger partial charge in [-0.1, -0.05) is 36.4 Å². The van der Waals surface area contributed by atoms with Gasteiger partial charge in [0.15, 0.2) is 6.61 Å². The van der Waals surface area contributed by atoms with Gasteiger partial charge in [-0.25, -0.2) is 0 Å². The molecule has 0 saturated carbocycles. The molecule has 1 amide bonds. The van der Waals surface area contributed by atoms with Gasteiger partial charge < -0.3 is 10.1 Å². The Hall–Kier alpha value is -2.88. The number of rotatable bonds is 1. The number of aromatic nitrogens is 1. The summed E-state index contributed by atoms with van der Waals surface area (Å²) < 4.78 is 5.57. The molecular weight excluding hydrogens is 276 g/mol. The lowest BCUT2D eigenvalue weighted by molar-refractivity contribution is -0.123. The lowest BCUT2D eigenvalue weighted by Crippen LogP contribution is -2.30. The molecule has 0 saturated heterocycles. The van der Waals surface area contributed by atoms with Crippen molar-refractivity contribution in [3.8, 4) is 5.75 Å². The summed E-state index contributed by atoms with van der Waals surface area (Å²) in [4.78, 5) is 16.4. The van der Waals surface area contributed by atoms with Crippen molar-refractivity contribution in [1.82, 2.24) is 10.3 Å². The van der Waals surface area contributed by atoms with Gasteiger partial charge in [0.2, 0.25) is 0 Å². The normalized spacial score (nSPS) is 17.3. The van der Waals surface area contributed by atoms with Gasteiger partial charge >= 0.3 is 0 Å². The SMILES string of the molecule is O=C1COc2ccccc2C(c2cnc3ccccc3c2)N1. The molecule has 2 aromatic carbocycles. The zero-order valence-corrected chi connectivity index (χ0v) is 11.8. The fourth-order valence-electron chi connectivity index (χ4n) is 2.78. The number of hydrogen-bond acceptors (Lipinski definition) is 3. The number of carbonyl (C=O) groups is 1. The molecule has 4 rings (SSSR count). The summed E-state index contributed by atoms with van der Waals surface area (Å²) in [6.07, 6.45) is 1.81. The van der Waals surface area contributed by atoms with Crippen LogP contribution in [0, 0.1) is 0 Å². The molecular formula is C18H14N2O2. The van der Waals surface area contributed by atoms with E-state index in [-0.39, 0.29) is 18.6 Å². The molecule has 0 aliphatic carbocycles. The summed E-state index contributed by atoms with van der Waals surface area (Å²) in [5.41, 5.74) is 2.84. The first kappa shape index (κ1) is 12.8. The summed E-state index contributed by atoms with van der Waals surface area (Å²) in [5.74, 6) is 0.605. The molecule has 1 aliphatic rings. The Morgan fingerprint density at radius 1 is 1.09 bits per heavy atom. The molecule has 1 unspecified atom stereocenters. The number of nitrogens with one attached hydrogen (secondary N) is 1. The highest BCUT2D eigenvalue weighted by Gasteiger charge is 2.24. The minimum Gasteiger partial charge on any atom is -0.483 e. The highest BCUT2D eigenvalue weighted by molar-refractivity contribution is 5.81. The van der Waals surface area contributed by atoms with E-state index in [9.17, 15) is 4.79 Å². The maximum absolute atomic E-state index is 11.9. The first-order chi connectivity index (χ1) is 10.8. The minimum absolute atomic E-state index is 0.0362. The van der Waals surface area contributed by atoms with Crippen molar-refractivity contribution in [3.05, 3.63) is 71.9 Å². The summed E-state index contributed by atoms with van der Waals surface area (Å²) in [6, 6.07) is 17.5. The number of nitrogens with zero attached hydrogens (tertiary/aromatic N) is 1. The smallest absolute Gasteiger partial charge is 0.258 e. The molecule has 0 fully saturated rings. The van der Waals surface area contributed by atoms with Gasteiger partial charge in [0.25, 0.3) is 5.91 Å². The van der Waals surface area contributed by atoms with E-state index in [2.05, 4.69) is 16.4 Å². The molecule has 2 heterocycles. The third kappa shape index (κ3) is 2.19. The second-order valence-corrected chi connectivity index (χ2v) is 5.29. The Balaban J connectivity index is 1.86. The maximum atomic E-state index is 11.9. The molecule has 0 bridgehead atoms. The van der Waals surface area contributed by atoms with Crippen molar-refractivity contribution in [3.63, 3.8) is 0 Å². The number of benzene rings is 2. The van der Waals surface area contributed by atoms with Gasteiger partial charge in [-0.3, -0.25) is 9.78 Å². The van der Waals surface area contributed by atoms with Crippen LogP contribution in [0.5, 0.6) is 5.75 Å². The molecule has 22 heavy (non-hydrogen) atoms. The predicted molar refractivity (Wildman–Crippen MR) is 83.7 cm³/mol. The average molecular weight is 290 g/mol. The van der Waals surface area contributed by atoms with Crippen molar-refractivity contribution in [1.29, 1.82) is 0 Å². The fraction of sp³-hybridized carbons (Fsp3) is 0.111. The van der Waals surface area contributed by atoms with Crippen LogP contribution in [0.4, 0.5) is 0 Å². The van der Waals surface area contributed by atoms with Gasteiger partial charge in [0, 0.05) is 17.1 Å². The maximum Gasteiger partial charge on any atom is 0.258 e. The van der Waals surface area contributed by atoms with Crippen LogP contribution in [0.2, 0.25) is 0 Å². The number of fused-ring (bicyclic) bond motifs is 2. The van der Waals surface area contributed by atoms with E-state index in [0.29, 0.717) is 0 Å². The number of ether oxygens (including phenoxy) is 1. The van der Waals surface area contributed by atoms with Crippen molar-refractivity contribution < 1.29 is 9.53 Å². The summed E-state index contributed by atoms with van der Waals surface area (Å²) in [6.45, 7) is 0.0362. The quantitative estimate of drug-likeness (QED) is 0.749. The predicted octanol–water partition coefficient (Wildman–Crippen LogP) is 2.83. The highest BCUT2D eigenvalue weighted by atomic mass is 16.5. The lowest BCUT2D eigenvalue weighted by Gasteiger charge is -2.18. The molecule has 4 heteroatoms. The number of amides is 1. The van der Waals surface area contributed by atoms with Gasteiger partial charge in [-0.05, 0) is 23.8 Å². The van der Waals surface area contributed by atoms with Crippen LogP contribution in [0.3, 0.4) is 0 Å². The van der Waals surface area contributed by atoms with Crippen LogP contribution in [-0.4, -0.2) is 17.5 Å². The molecule has 1 aliphatic heterocycles. The van der Waals surface area contributed by atoms with Crippen LogP contribution in [0.15, 0.2) is 60.8 Å². The third-order valence-electron chi connectivity index (χ3n) is 3.84. The first-order valence-electron chi connectivity index (χ1n) is 7.17. The number of pyridine rings is 1. The van der Waals surface area contributed by atoms with E-state index in [1.165, 1.54) is 0 Å². The highest BCUT2D eigenvalue weighted by Crippen LogP contribution is 2.32. The minimum atomic E-state index is -0.247.